The van der Waals surface area contributed by atoms with E-state index in [0.29, 0.717) is 0 Å². The Morgan fingerprint density at radius 3 is 0.500 bits per heavy atom. The number of rotatable bonds is 0. The molecular weight excluding hydrogens is 320 g/mol. The van der Waals surface area contributed by atoms with E-state index in [9.17, 15) is 0 Å². The fraction of sp³-hybridized carbons (Fsp3) is 0. The summed E-state index contributed by atoms with van der Waals surface area (Å²) in [6, 6.07) is 0. The molecule has 0 unspecified atom stereocenters. The molecule has 0 spiro atoms. The van der Waals surface area contributed by atoms with Crippen LogP contribution < -0.4 is 0 Å². The van der Waals surface area contributed by atoms with Crippen molar-refractivity contribution < 1.29 is 63.2 Å². The van der Waals surface area contributed by atoms with Crippen molar-refractivity contribution in [2.45, 2.75) is 0 Å². The molecule has 0 radical (unpaired) electrons. The summed E-state index contributed by atoms with van der Waals surface area (Å²) in [6.07, 6.45) is 0. The molecule has 0 aromatic heterocycles. The van der Waals surface area contributed by atoms with Gasteiger partial charge in [-0.1, -0.05) is 0 Å². The van der Waals surface area contributed by atoms with E-state index in [1.807, 2.05) is 0 Å². The van der Waals surface area contributed by atoms with E-state index in [1.165, 1.54) is 0 Å². The molecule has 0 rings (SSSR count). The number of hydrogen-bond donors (Lipinski definition) is 0. The average Bonchev–Trinajstić information content (AvgIpc) is 0. The van der Waals surface area contributed by atoms with Crippen LogP contribution in [0, 0.1) is 0 Å². The predicted molar refractivity (Wildman–Crippen MR) is 10.4 cm³/mol. The second-order valence-corrected chi connectivity index (χ2v) is 0. The van der Waals surface area contributed by atoms with Gasteiger partial charge >= 0.3 is 0 Å². The van der Waals surface area contributed by atoms with Crippen LogP contribution in [-0.4, -0.2) is 0 Å². The third kappa shape index (κ3) is 8.83. The van der Waals surface area contributed by atoms with Gasteiger partial charge in [-0.3, -0.25) is 0 Å². The molecule has 0 aromatic carbocycles. The molecule has 4 heavy (non-hydrogen) atoms. The fourth-order valence-corrected chi connectivity index (χ4v) is 0. The van der Waals surface area contributed by atoms with E-state index < -0.39 is 0 Å². The Bertz CT molecular complexity index is 3.25. The molecule has 0 bridgehead atoms. The Morgan fingerprint density at radius 1 is 0.500 bits per heavy atom. The average molecular weight is 322 g/mol. The summed E-state index contributed by atoms with van der Waals surface area (Å²) in [5.74, 6) is 0. The Labute approximate surface area is 75.7 Å². The Balaban J connectivity index is 0. The van der Waals surface area contributed by atoms with Crippen molar-refractivity contribution in [2.75, 3.05) is 0 Å². The van der Waals surface area contributed by atoms with Gasteiger partial charge in [0.15, 0.2) is 0 Å². The maximum atomic E-state index is 0. The van der Waals surface area contributed by atoms with E-state index >= 15 is 0 Å². The fourth-order valence-electron chi connectivity index (χ4n) is 0. The smallest absolute Gasteiger partial charge is 0 e. The molecule has 0 aliphatic rings. The minimum absolute atomic E-state index is 0. The Morgan fingerprint density at radius 2 is 0.500 bits per heavy atom. The molecule has 0 saturated heterocycles. The molecule has 4 heteroatoms. The molecule has 0 aliphatic heterocycles. The summed E-state index contributed by atoms with van der Waals surface area (Å²) in [4.78, 5) is 0. The monoisotopic (exact) mass is 328 g/mol. The Hall–Kier alpha value is 2.41. The van der Waals surface area contributed by atoms with Gasteiger partial charge < -0.3 is 0 Å². The third-order valence-electron chi connectivity index (χ3n) is 0. The van der Waals surface area contributed by atoms with Gasteiger partial charge in [0.05, 0.1) is 0 Å². The molecule has 0 atom stereocenters. The van der Waals surface area contributed by atoms with Crippen LogP contribution >= 0.6 is 13.5 Å². The van der Waals surface area contributed by atoms with Crippen LogP contribution in [0.1, 0.15) is 0 Å². The van der Waals surface area contributed by atoms with E-state index in [4.69, 9.17) is 0 Å². The molecule has 26 valence electrons. The molecule has 0 amide bonds. The first-order valence-corrected chi connectivity index (χ1v) is 0. The summed E-state index contributed by atoms with van der Waals surface area (Å²) < 4.78 is 0. The van der Waals surface area contributed by atoms with Crippen molar-refractivity contribution in [3.8, 4) is 0 Å². The van der Waals surface area contributed by atoms with Crippen molar-refractivity contribution in [3.05, 3.63) is 0 Å². The summed E-state index contributed by atoms with van der Waals surface area (Å²) in [6.45, 7) is 0. The first-order valence-electron chi connectivity index (χ1n) is 0. The molecule has 0 heterocycles. The minimum Gasteiger partial charge on any atom is -0.197 e. The normalized spacial score (nSPS) is 0. The van der Waals surface area contributed by atoms with Gasteiger partial charge in [-0.05, 0) is 0 Å². The summed E-state index contributed by atoms with van der Waals surface area (Å²) in [5.41, 5.74) is 0. The first kappa shape index (κ1) is 32.3. The van der Waals surface area contributed by atoms with Crippen LogP contribution in [0.15, 0.2) is 0 Å². The molecular formula is H2Mo3S. The van der Waals surface area contributed by atoms with Crippen LogP contribution in [0.4, 0.5) is 0 Å². The predicted octanol–water partition coefficient (Wildman–Crippen LogP) is 0.105. The second-order valence-electron chi connectivity index (χ2n) is 0. The Kier molecular flexibility index (Phi) is 146. The summed E-state index contributed by atoms with van der Waals surface area (Å²) in [7, 11) is 0. The first-order chi connectivity index (χ1) is 0. The zero-order valence-electron chi connectivity index (χ0n) is 1.72. The van der Waals surface area contributed by atoms with Gasteiger partial charge in [0.1, 0.15) is 0 Å². The van der Waals surface area contributed by atoms with Crippen molar-refractivity contribution in [3.63, 3.8) is 0 Å². The van der Waals surface area contributed by atoms with Crippen LogP contribution in [0.2, 0.25) is 0 Å². The summed E-state index contributed by atoms with van der Waals surface area (Å²) >= 11 is 0. The topological polar surface area (TPSA) is 0 Å². The van der Waals surface area contributed by atoms with Crippen LogP contribution in [-0.2, 0) is 63.2 Å². The molecule has 0 aromatic rings. The molecule has 0 nitrogen and oxygen atoms in total. The SMILES string of the molecule is S.[Mo].[Mo].[Mo]. The quantitative estimate of drug-likeness (QED) is 0.555. The maximum Gasteiger partial charge on any atom is 0 e. The zero-order valence-corrected chi connectivity index (χ0v) is 8.75. The third-order valence-corrected chi connectivity index (χ3v) is 0. The maximum absolute atomic E-state index is 0. The van der Waals surface area contributed by atoms with Crippen LogP contribution in [0.25, 0.3) is 0 Å². The van der Waals surface area contributed by atoms with E-state index in [-0.39, 0.29) is 76.7 Å². The van der Waals surface area contributed by atoms with Crippen molar-refractivity contribution >= 4 is 13.5 Å². The summed E-state index contributed by atoms with van der Waals surface area (Å²) in [5, 5.41) is 0. The molecule has 0 saturated carbocycles. The van der Waals surface area contributed by atoms with Crippen molar-refractivity contribution in [1.29, 1.82) is 0 Å². The van der Waals surface area contributed by atoms with E-state index in [0.717, 1.165) is 0 Å². The van der Waals surface area contributed by atoms with Crippen molar-refractivity contribution in [2.24, 2.45) is 0 Å². The van der Waals surface area contributed by atoms with E-state index in [1.54, 1.807) is 0 Å². The van der Waals surface area contributed by atoms with Gasteiger partial charge in [-0.25, -0.2) is 0 Å². The zero-order chi connectivity index (χ0) is 0. The minimum atomic E-state index is 0. The van der Waals surface area contributed by atoms with Crippen LogP contribution in [0.3, 0.4) is 0 Å². The van der Waals surface area contributed by atoms with Crippen LogP contribution in [0.5, 0.6) is 0 Å². The number of hydrogen-bond acceptors (Lipinski definition) is 0. The molecule has 0 N–H and O–H groups in total. The van der Waals surface area contributed by atoms with Gasteiger partial charge in [-0.2, -0.15) is 13.5 Å². The second kappa shape index (κ2) is 18.1. The van der Waals surface area contributed by atoms with Gasteiger partial charge in [0.2, 0.25) is 0 Å². The van der Waals surface area contributed by atoms with Gasteiger partial charge in [0, 0.05) is 63.2 Å². The van der Waals surface area contributed by atoms with Gasteiger partial charge in [0.25, 0.3) is 0 Å². The largest absolute Gasteiger partial charge is 0.197 e. The van der Waals surface area contributed by atoms with Gasteiger partial charge in [-0.15, -0.1) is 0 Å². The standard InChI is InChI=1S/3Mo.H2S/h;;;1H2. The molecule has 0 fully saturated rings. The van der Waals surface area contributed by atoms with E-state index in [2.05, 4.69) is 0 Å². The van der Waals surface area contributed by atoms with Crippen molar-refractivity contribution in [1.82, 2.24) is 0 Å². The molecule has 0 aliphatic carbocycles.